The third-order valence-corrected chi connectivity index (χ3v) is 5.17. The zero-order chi connectivity index (χ0) is 19.3. The van der Waals surface area contributed by atoms with E-state index in [2.05, 4.69) is 0 Å². The van der Waals surface area contributed by atoms with Crippen molar-refractivity contribution in [2.45, 2.75) is 11.3 Å². The first-order chi connectivity index (χ1) is 12.3. The lowest BCUT2D eigenvalue weighted by Crippen LogP contribution is -2.35. The quantitative estimate of drug-likeness (QED) is 0.575. The molecule has 2 aromatic carbocycles. The second kappa shape index (κ2) is 7.62. The predicted octanol–water partition coefficient (Wildman–Crippen LogP) is 1.94. The van der Waals surface area contributed by atoms with Crippen molar-refractivity contribution in [3.05, 3.63) is 64.2 Å². The fraction of sp³-hybridized carbons (Fsp3) is 0.125. The van der Waals surface area contributed by atoms with Gasteiger partial charge in [-0.15, -0.1) is 0 Å². The number of carboxylic acids is 1. The molecule has 9 nitrogen and oxygen atoms in total. The number of aliphatic carboxylic acids is 1. The SMILES string of the molecule is N#CCc1ccc(N(CC(=O)O)S(=O)(=O)c2cccc([N+](=O)[O-])c2)cc1. The molecular weight excluding hydrogens is 362 g/mol. The first-order valence-electron chi connectivity index (χ1n) is 7.20. The van der Waals surface area contributed by atoms with Gasteiger partial charge in [-0.2, -0.15) is 5.26 Å². The molecule has 134 valence electrons. The van der Waals surface area contributed by atoms with Gasteiger partial charge in [-0.25, -0.2) is 8.42 Å². The van der Waals surface area contributed by atoms with Gasteiger partial charge >= 0.3 is 5.97 Å². The van der Waals surface area contributed by atoms with E-state index < -0.39 is 38.0 Å². The summed E-state index contributed by atoms with van der Waals surface area (Å²) in [4.78, 5) is 20.9. The fourth-order valence-electron chi connectivity index (χ4n) is 2.19. The summed E-state index contributed by atoms with van der Waals surface area (Å²) in [5.41, 5.74) is 0.283. The molecule has 0 heterocycles. The standard InChI is InChI=1S/C16H13N3O6S/c17-9-8-12-4-6-13(7-5-12)18(11-16(20)21)26(24,25)15-3-1-2-14(10-15)19(22)23/h1-7,10H,8,11H2,(H,20,21). The average Bonchev–Trinajstić information content (AvgIpc) is 2.60. The highest BCUT2D eigenvalue weighted by Gasteiger charge is 2.28. The van der Waals surface area contributed by atoms with Crippen molar-refractivity contribution in [2.24, 2.45) is 0 Å². The first kappa shape index (κ1) is 18.9. The lowest BCUT2D eigenvalue weighted by molar-refractivity contribution is -0.385. The number of sulfonamides is 1. The average molecular weight is 375 g/mol. The molecule has 2 rings (SSSR count). The van der Waals surface area contributed by atoms with Crippen molar-refractivity contribution < 1.29 is 23.2 Å². The molecule has 0 fully saturated rings. The molecule has 2 aromatic rings. The van der Waals surface area contributed by atoms with E-state index in [1.165, 1.54) is 30.3 Å². The van der Waals surface area contributed by atoms with Gasteiger partial charge in [-0.05, 0) is 23.8 Å². The van der Waals surface area contributed by atoms with Crippen molar-refractivity contribution >= 4 is 27.4 Å². The zero-order valence-corrected chi connectivity index (χ0v) is 14.1. The Morgan fingerprint density at radius 2 is 1.88 bits per heavy atom. The smallest absolute Gasteiger partial charge is 0.324 e. The summed E-state index contributed by atoms with van der Waals surface area (Å²) >= 11 is 0. The highest BCUT2D eigenvalue weighted by Crippen LogP contribution is 2.26. The van der Waals surface area contributed by atoms with E-state index in [0.717, 1.165) is 18.2 Å². The van der Waals surface area contributed by atoms with Gasteiger partial charge in [0.25, 0.3) is 15.7 Å². The largest absolute Gasteiger partial charge is 0.480 e. The number of hydrogen-bond acceptors (Lipinski definition) is 6. The molecule has 0 aromatic heterocycles. The van der Waals surface area contributed by atoms with Crippen LogP contribution in [0.1, 0.15) is 5.56 Å². The van der Waals surface area contributed by atoms with Gasteiger partial charge in [0, 0.05) is 12.1 Å². The normalized spacial score (nSPS) is 10.7. The molecule has 0 spiro atoms. The summed E-state index contributed by atoms with van der Waals surface area (Å²) in [6.07, 6.45) is 0.122. The third kappa shape index (κ3) is 4.14. The maximum absolute atomic E-state index is 12.8. The van der Waals surface area contributed by atoms with E-state index in [-0.39, 0.29) is 12.1 Å². The minimum absolute atomic E-state index is 0.0700. The fourth-order valence-corrected chi connectivity index (χ4v) is 3.65. The molecule has 0 unspecified atom stereocenters. The number of rotatable bonds is 7. The molecule has 0 aliphatic carbocycles. The minimum atomic E-state index is -4.35. The van der Waals surface area contributed by atoms with Crippen molar-refractivity contribution in [1.29, 1.82) is 5.26 Å². The van der Waals surface area contributed by atoms with Crippen LogP contribution in [0.2, 0.25) is 0 Å². The van der Waals surface area contributed by atoms with E-state index in [4.69, 9.17) is 10.4 Å². The van der Waals surface area contributed by atoms with Crippen molar-refractivity contribution in [2.75, 3.05) is 10.8 Å². The van der Waals surface area contributed by atoms with E-state index in [0.29, 0.717) is 9.87 Å². The predicted molar refractivity (Wildman–Crippen MR) is 91.0 cm³/mol. The van der Waals surface area contributed by atoms with E-state index >= 15 is 0 Å². The Kier molecular flexibility index (Phi) is 5.54. The summed E-state index contributed by atoms with van der Waals surface area (Å²) in [6.45, 7) is -0.859. The van der Waals surface area contributed by atoms with Crippen LogP contribution in [0.3, 0.4) is 0 Å². The second-order valence-electron chi connectivity index (χ2n) is 5.16. The van der Waals surface area contributed by atoms with Crippen LogP contribution in [0.15, 0.2) is 53.4 Å². The number of benzene rings is 2. The summed E-state index contributed by atoms with van der Waals surface area (Å²) in [5.74, 6) is -1.39. The molecule has 0 radical (unpaired) electrons. The molecule has 0 saturated heterocycles. The molecule has 1 N–H and O–H groups in total. The second-order valence-corrected chi connectivity index (χ2v) is 7.02. The van der Waals surface area contributed by atoms with E-state index in [1.807, 2.05) is 6.07 Å². The van der Waals surface area contributed by atoms with Gasteiger partial charge in [0.15, 0.2) is 0 Å². The maximum atomic E-state index is 12.8. The van der Waals surface area contributed by atoms with Gasteiger partial charge in [-0.1, -0.05) is 18.2 Å². The summed E-state index contributed by atoms with van der Waals surface area (Å²) in [5, 5.41) is 28.6. The Balaban J connectivity index is 2.51. The van der Waals surface area contributed by atoms with Crippen molar-refractivity contribution in [3.63, 3.8) is 0 Å². The Bertz CT molecular complexity index is 980. The van der Waals surface area contributed by atoms with Crippen LogP contribution in [-0.2, 0) is 21.2 Å². The van der Waals surface area contributed by atoms with Gasteiger partial charge in [0.2, 0.25) is 0 Å². The van der Waals surface area contributed by atoms with Crippen LogP contribution in [0.4, 0.5) is 11.4 Å². The minimum Gasteiger partial charge on any atom is -0.480 e. The van der Waals surface area contributed by atoms with Crippen LogP contribution in [0, 0.1) is 21.4 Å². The number of non-ortho nitro benzene ring substituents is 1. The number of nitriles is 1. The van der Waals surface area contributed by atoms with Gasteiger partial charge < -0.3 is 5.11 Å². The highest BCUT2D eigenvalue weighted by molar-refractivity contribution is 7.92. The lowest BCUT2D eigenvalue weighted by atomic mass is 10.1. The van der Waals surface area contributed by atoms with Gasteiger partial charge in [0.05, 0.1) is 28.0 Å². The first-order valence-corrected chi connectivity index (χ1v) is 8.64. The van der Waals surface area contributed by atoms with Crippen LogP contribution >= 0.6 is 0 Å². The van der Waals surface area contributed by atoms with Gasteiger partial charge in [0.1, 0.15) is 6.54 Å². The molecule has 0 aliphatic rings. The Labute approximate surface area is 148 Å². The lowest BCUT2D eigenvalue weighted by Gasteiger charge is -2.22. The van der Waals surface area contributed by atoms with Crippen LogP contribution in [0.5, 0.6) is 0 Å². The summed E-state index contributed by atoms with van der Waals surface area (Å²) in [7, 11) is -4.35. The van der Waals surface area contributed by atoms with Gasteiger partial charge in [-0.3, -0.25) is 19.2 Å². The van der Waals surface area contributed by atoms with Crippen LogP contribution < -0.4 is 4.31 Å². The number of nitro groups is 1. The van der Waals surface area contributed by atoms with E-state index in [9.17, 15) is 23.3 Å². The Hall–Kier alpha value is -3.45. The molecule has 10 heteroatoms. The Morgan fingerprint density at radius 3 is 2.42 bits per heavy atom. The number of carbonyl (C=O) groups is 1. The topological polar surface area (TPSA) is 142 Å². The summed E-state index contributed by atoms with van der Waals surface area (Å²) in [6, 6.07) is 12.1. The number of hydrogen-bond donors (Lipinski definition) is 1. The zero-order valence-electron chi connectivity index (χ0n) is 13.3. The molecule has 0 bridgehead atoms. The molecule has 26 heavy (non-hydrogen) atoms. The molecule has 0 aliphatic heterocycles. The maximum Gasteiger partial charge on any atom is 0.324 e. The number of nitro benzene ring substituents is 1. The monoisotopic (exact) mass is 375 g/mol. The number of carboxylic acid groups (broad SMARTS) is 1. The number of nitrogens with zero attached hydrogens (tertiary/aromatic N) is 3. The van der Waals surface area contributed by atoms with E-state index in [1.54, 1.807) is 0 Å². The highest BCUT2D eigenvalue weighted by atomic mass is 32.2. The van der Waals surface area contributed by atoms with Crippen molar-refractivity contribution in [3.8, 4) is 6.07 Å². The van der Waals surface area contributed by atoms with Crippen LogP contribution in [0.25, 0.3) is 0 Å². The summed E-state index contributed by atoms with van der Waals surface area (Å²) < 4.78 is 26.3. The van der Waals surface area contributed by atoms with Crippen LogP contribution in [-0.4, -0.2) is 31.0 Å². The number of anilines is 1. The Morgan fingerprint density at radius 1 is 1.23 bits per heavy atom. The third-order valence-electron chi connectivity index (χ3n) is 3.40. The molecule has 0 saturated carbocycles. The molecular formula is C16H13N3O6S. The van der Waals surface area contributed by atoms with Crippen molar-refractivity contribution in [1.82, 2.24) is 0 Å². The molecule has 0 atom stereocenters. The molecule has 0 amide bonds.